The van der Waals surface area contributed by atoms with E-state index in [1.807, 2.05) is 36.4 Å². The molecule has 2 aromatic carbocycles. The van der Waals surface area contributed by atoms with Gasteiger partial charge in [-0.3, -0.25) is 4.57 Å². The van der Waals surface area contributed by atoms with E-state index in [-0.39, 0.29) is 5.69 Å². The Morgan fingerprint density at radius 1 is 1.16 bits per heavy atom. The lowest BCUT2D eigenvalue weighted by Crippen LogP contribution is -2.30. The van der Waals surface area contributed by atoms with Gasteiger partial charge in [0.05, 0.1) is 16.6 Å². The molecule has 0 fully saturated rings. The monoisotopic (exact) mass is 433 g/mol. The van der Waals surface area contributed by atoms with Gasteiger partial charge in [-0.25, -0.2) is 9.78 Å². The summed E-state index contributed by atoms with van der Waals surface area (Å²) in [5.41, 5.74) is 9.08. The van der Waals surface area contributed by atoms with Crippen LogP contribution in [0, 0.1) is 11.8 Å². The van der Waals surface area contributed by atoms with Crippen molar-refractivity contribution in [1.29, 1.82) is 0 Å². The van der Waals surface area contributed by atoms with E-state index in [2.05, 4.69) is 40.6 Å². The van der Waals surface area contributed by atoms with E-state index in [1.165, 1.54) is 0 Å². The summed E-state index contributed by atoms with van der Waals surface area (Å²) in [6, 6.07) is 11.3. The molecule has 0 bridgehead atoms. The minimum Gasteiger partial charge on any atom is -0.383 e. The van der Waals surface area contributed by atoms with Crippen LogP contribution in [0.1, 0.15) is 25.0 Å². The molecule has 3 N–H and O–H groups in total. The number of anilines is 1. The second-order valence-electron chi connectivity index (χ2n) is 7.34. The second kappa shape index (κ2) is 8.84. The van der Waals surface area contributed by atoms with Crippen LogP contribution in [0.25, 0.3) is 21.8 Å². The molecule has 0 radical (unpaired) electrons. The fraction of sp³-hybridized carbons (Fsp3) is 0.250. The van der Waals surface area contributed by atoms with Crippen molar-refractivity contribution < 1.29 is 0 Å². The van der Waals surface area contributed by atoms with Crippen LogP contribution < -0.4 is 11.4 Å². The minimum absolute atomic E-state index is 0.107. The predicted octanol–water partition coefficient (Wildman–Crippen LogP) is 3.86. The van der Waals surface area contributed by atoms with Crippen LogP contribution >= 0.6 is 11.6 Å². The van der Waals surface area contributed by atoms with Crippen molar-refractivity contribution in [2.75, 3.05) is 25.4 Å². The maximum absolute atomic E-state index is 12.5. The number of nitrogen functional groups attached to an aromatic ring is 1. The van der Waals surface area contributed by atoms with Gasteiger partial charge in [0.25, 0.3) is 0 Å². The number of rotatable bonds is 5. The molecule has 2 heterocycles. The number of nitrogens with zero attached hydrogens (tertiary/aromatic N) is 3. The predicted molar refractivity (Wildman–Crippen MR) is 127 cm³/mol. The summed E-state index contributed by atoms with van der Waals surface area (Å²) in [6.07, 6.45) is 1.71. The number of likely N-dealkylation sites (N-methyl/N-ethyl adjacent to an activating group) is 1. The highest BCUT2D eigenvalue weighted by molar-refractivity contribution is 6.31. The number of hydrogen-bond acceptors (Lipinski definition) is 4. The van der Waals surface area contributed by atoms with Crippen LogP contribution in [0.3, 0.4) is 0 Å². The van der Waals surface area contributed by atoms with Gasteiger partial charge in [0.15, 0.2) is 0 Å². The number of H-pyrrole nitrogens is 1. The average Bonchev–Trinajstić information content (AvgIpc) is 3.08. The molecule has 31 heavy (non-hydrogen) atoms. The fourth-order valence-electron chi connectivity index (χ4n) is 3.70. The first-order valence-electron chi connectivity index (χ1n) is 10.3. The first-order chi connectivity index (χ1) is 15.0. The lowest BCUT2D eigenvalue weighted by atomic mass is 10.1. The van der Waals surface area contributed by atoms with Crippen LogP contribution in [0.4, 0.5) is 5.82 Å². The molecular formula is C24H24ClN5O. The van der Waals surface area contributed by atoms with Crippen molar-refractivity contribution in [2.24, 2.45) is 0 Å². The number of aromatic amines is 1. The van der Waals surface area contributed by atoms with Crippen molar-refractivity contribution in [3.05, 3.63) is 69.2 Å². The average molecular weight is 434 g/mol. The molecule has 0 aliphatic heterocycles. The molecule has 4 rings (SSSR count). The molecule has 0 amide bonds. The Hall–Kier alpha value is -3.27. The van der Waals surface area contributed by atoms with Gasteiger partial charge in [0.2, 0.25) is 0 Å². The minimum atomic E-state index is -0.107. The summed E-state index contributed by atoms with van der Waals surface area (Å²) in [5.74, 6) is 6.70. The third-order valence-corrected chi connectivity index (χ3v) is 5.76. The zero-order chi connectivity index (χ0) is 22.0. The zero-order valence-electron chi connectivity index (χ0n) is 17.6. The van der Waals surface area contributed by atoms with Crippen LogP contribution in [-0.2, 0) is 6.54 Å². The van der Waals surface area contributed by atoms with E-state index in [0.29, 0.717) is 22.9 Å². The van der Waals surface area contributed by atoms with Gasteiger partial charge in [-0.1, -0.05) is 43.4 Å². The topological polar surface area (TPSA) is 79.9 Å². The smallest absolute Gasteiger partial charge is 0.326 e. The van der Waals surface area contributed by atoms with Gasteiger partial charge < -0.3 is 15.6 Å². The molecule has 0 atom stereocenters. The molecule has 158 valence electrons. The molecule has 2 aromatic heterocycles. The molecular weight excluding hydrogens is 410 g/mol. The SMILES string of the molecule is CCN(CC)CCn1c(=O)[nH]c2ccc(C#Cc3c(N)ncc4ccc(Cl)cc34)cc21. The van der Waals surface area contributed by atoms with E-state index >= 15 is 0 Å². The summed E-state index contributed by atoms with van der Waals surface area (Å²) in [7, 11) is 0. The Balaban J connectivity index is 1.73. The highest BCUT2D eigenvalue weighted by Crippen LogP contribution is 2.25. The van der Waals surface area contributed by atoms with Crippen molar-refractivity contribution >= 4 is 39.2 Å². The lowest BCUT2D eigenvalue weighted by Gasteiger charge is -2.17. The Morgan fingerprint density at radius 2 is 1.97 bits per heavy atom. The first kappa shape index (κ1) is 21.0. The van der Waals surface area contributed by atoms with E-state index in [4.69, 9.17) is 17.3 Å². The number of nitrogens with one attached hydrogen (secondary N) is 1. The van der Waals surface area contributed by atoms with Gasteiger partial charge in [-0.15, -0.1) is 0 Å². The van der Waals surface area contributed by atoms with Gasteiger partial charge in [0, 0.05) is 40.6 Å². The third kappa shape index (κ3) is 4.29. The molecule has 0 saturated heterocycles. The maximum atomic E-state index is 12.5. The third-order valence-electron chi connectivity index (χ3n) is 5.52. The Kier molecular flexibility index (Phi) is 5.99. The molecule has 0 spiro atoms. The van der Waals surface area contributed by atoms with E-state index in [9.17, 15) is 4.79 Å². The summed E-state index contributed by atoms with van der Waals surface area (Å²) in [6.45, 7) is 7.58. The summed E-state index contributed by atoms with van der Waals surface area (Å²) in [4.78, 5) is 21.9. The zero-order valence-corrected chi connectivity index (χ0v) is 18.3. The Morgan fingerprint density at radius 3 is 2.74 bits per heavy atom. The Bertz CT molecular complexity index is 1370. The van der Waals surface area contributed by atoms with Gasteiger partial charge in [0.1, 0.15) is 5.82 Å². The summed E-state index contributed by atoms with van der Waals surface area (Å²) >= 11 is 6.17. The number of aromatic nitrogens is 3. The van der Waals surface area contributed by atoms with E-state index in [0.717, 1.165) is 47.0 Å². The molecule has 0 unspecified atom stereocenters. The number of benzene rings is 2. The van der Waals surface area contributed by atoms with Gasteiger partial charge in [-0.05, 0) is 43.4 Å². The van der Waals surface area contributed by atoms with Crippen LogP contribution in [0.15, 0.2) is 47.4 Å². The van der Waals surface area contributed by atoms with Crippen molar-refractivity contribution in [2.45, 2.75) is 20.4 Å². The number of halogens is 1. The maximum Gasteiger partial charge on any atom is 0.326 e. The highest BCUT2D eigenvalue weighted by atomic mass is 35.5. The molecule has 0 aliphatic rings. The quantitative estimate of drug-likeness (QED) is 0.468. The molecule has 4 aromatic rings. The van der Waals surface area contributed by atoms with Crippen LogP contribution in [-0.4, -0.2) is 39.1 Å². The Labute approximate surface area is 185 Å². The van der Waals surface area contributed by atoms with E-state index < -0.39 is 0 Å². The van der Waals surface area contributed by atoms with Crippen LogP contribution in [0.5, 0.6) is 0 Å². The number of pyridine rings is 1. The molecule has 6 nitrogen and oxygen atoms in total. The van der Waals surface area contributed by atoms with Gasteiger partial charge in [-0.2, -0.15) is 0 Å². The standard InChI is InChI=1S/C24H24ClN5O/c1-3-29(4-2)11-12-30-22-13-16(6-10-21(22)28-24(30)31)5-9-19-20-14-18(25)8-7-17(20)15-27-23(19)26/h6-8,10,13-15H,3-4,11-12H2,1-2H3,(H2,26,27)(H,28,31). The van der Waals surface area contributed by atoms with E-state index in [1.54, 1.807) is 10.8 Å². The first-order valence-corrected chi connectivity index (χ1v) is 10.7. The lowest BCUT2D eigenvalue weighted by molar-refractivity contribution is 0.290. The molecule has 0 saturated carbocycles. The van der Waals surface area contributed by atoms with Crippen molar-refractivity contribution in [1.82, 2.24) is 19.4 Å². The fourth-order valence-corrected chi connectivity index (χ4v) is 3.87. The number of nitrogens with two attached hydrogens (primary N) is 1. The van der Waals surface area contributed by atoms with Gasteiger partial charge >= 0.3 is 5.69 Å². The molecule has 7 heteroatoms. The molecule has 0 aliphatic carbocycles. The summed E-state index contributed by atoms with van der Waals surface area (Å²) < 4.78 is 1.77. The second-order valence-corrected chi connectivity index (χ2v) is 7.78. The number of fused-ring (bicyclic) bond motifs is 2. The highest BCUT2D eigenvalue weighted by Gasteiger charge is 2.09. The van der Waals surface area contributed by atoms with Crippen LogP contribution in [0.2, 0.25) is 5.02 Å². The normalized spacial score (nSPS) is 11.2. The summed E-state index contributed by atoms with van der Waals surface area (Å²) in [5, 5.41) is 2.41. The number of hydrogen-bond donors (Lipinski definition) is 2. The van der Waals surface area contributed by atoms with Crippen molar-refractivity contribution in [3.8, 4) is 11.8 Å². The number of imidazole rings is 1. The van der Waals surface area contributed by atoms with Crippen molar-refractivity contribution in [3.63, 3.8) is 0 Å². The largest absolute Gasteiger partial charge is 0.383 e.